The van der Waals surface area contributed by atoms with Crippen LogP contribution < -0.4 is 0 Å². The van der Waals surface area contributed by atoms with E-state index in [9.17, 15) is 20.1 Å². The van der Waals surface area contributed by atoms with Crippen molar-refractivity contribution in [1.29, 1.82) is 0 Å². The van der Waals surface area contributed by atoms with Gasteiger partial charge < -0.3 is 34.3 Å². The Balaban J connectivity index is 1.54. The van der Waals surface area contributed by atoms with E-state index in [1.165, 1.54) is 5.57 Å². The molecule has 8 heteroatoms. The quantitative estimate of drug-likeness (QED) is 0.306. The first-order valence-corrected chi connectivity index (χ1v) is 15.5. The molecule has 11 atom stereocenters. The Kier molecular flexibility index (Phi) is 9.06. The van der Waals surface area contributed by atoms with Gasteiger partial charge in [0.2, 0.25) is 0 Å². The number of ether oxygens (including phenoxy) is 4. The second-order valence-electron chi connectivity index (χ2n) is 13.3. The fourth-order valence-electron chi connectivity index (χ4n) is 7.43. The number of carbonyl (C=O) groups excluding carboxylic acids is 1. The van der Waals surface area contributed by atoms with E-state index in [-0.39, 0.29) is 37.1 Å². The Morgan fingerprint density at radius 2 is 1.88 bits per heavy atom. The van der Waals surface area contributed by atoms with Crippen molar-refractivity contribution < 1.29 is 39.1 Å². The molecule has 42 heavy (non-hydrogen) atoms. The van der Waals surface area contributed by atoms with Gasteiger partial charge in [-0.2, -0.15) is 0 Å². The molecule has 4 heterocycles. The van der Waals surface area contributed by atoms with Crippen LogP contribution >= 0.6 is 0 Å². The van der Waals surface area contributed by atoms with Crippen molar-refractivity contribution in [3.05, 3.63) is 58.7 Å². The first-order chi connectivity index (χ1) is 19.9. The molecule has 0 radical (unpaired) electrons. The lowest BCUT2D eigenvalue weighted by atomic mass is 9.71. The van der Waals surface area contributed by atoms with Crippen LogP contribution in [0.2, 0.25) is 0 Å². The van der Waals surface area contributed by atoms with Crippen molar-refractivity contribution >= 4 is 5.97 Å². The largest absolute Gasteiger partial charge is 0.462 e. The van der Waals surface area contributed by atoms with Crippen molar-refractivity contribution in [3.63, 3.8) is 0 Å². The SMILES string of the molecule is C/C=C(\C)[C@H]1O[C@@]2(C[C@H]3C[C@@H](C/C=C(\C)C[C@H](C)/C=C/C=C4\CO[C@H]5[C@H](O)C(C)=C[C@@H](C(=O)O3)[C@]45O)O2)[C@H](O)C[C@@H]1C. The Morgan fingerprint density at radius 1 is 1.12 bits per heavy atom. The van der Waals surface area contributed by atoms with Gasteiger partial charge in [0.1, 0.15) is 35.9 Å². The molecule has 0 unspecified atom stereocenters. The van der Waals surface area contributed by atoms with Crippen molar-refractivity contribution in [2.24, 2.45) is 17.8 Å². The highest BCUT2D eigenvalue weighted by molar-refractivity contribution is 5.78. The maximum absolute atomic E-state index is 14.0. The average molecular weight is 585 g/mol. The van der Waals surface area contributed by atoms with Crippen LogP contribution in [0, 0.1) is 17.8 Å². The van der Waals surface area contributed by atoms with E-state index >= 15 is 0 Å². The molecule has 0 aromatic rings. The second kappa shape index (κ2) is 12.1. The molecule has 2 bridgehead atoms. The molecule has 1 aliphatic carbocycles. The summed E-state index contributed by atoms with van der Waals surface area (Å²) in [6, 6.07) is 0. The predicted molar refractivity (Wildman–Crippen MR) is 158 cm³/mol. The number of hydrogen-bond acceptors (Lipinski definition) is 8. The zero-order chi connectivity index (χ0) is 30.4. The van der Waals surface area contributed by atoms with Crippen LogP contribution in [0.25, 0.3) is 0 Å². The third-order valence-electron chi connectivity index (χ3n) is 9.92. The molecular formula is C34H48O8. The Bertz CT molecular complexity index is 1200. The molecule has 8 nitrogen and oxygen atoms in total. The fraction of sp³-hybridized carbons (Fsp3) is 0.676. The molecule has 5 aliphatic rings. The van der Waals surface area contributed by atoms with Crippen LogP contribution in [-0.2, 0) is 23.7 Å². The van der Waals surface area contributed by atoms with Crippen molar-refractivity contribution in [1.82, 2.24) is 0 Å². The minimum absolute atomic E-state index is 0.0922. The number of allylic oxidation sites excluding steroid dienone is 5. The highest BCUT2D eigenvalue weighted by atomic mass is 16.7. The van der Waals surface area contributed by atoms with E-state index in [2.05, 4.69) is 32.9 Å². The molecule has 3 saturated heterocycles. The number of aliphatic hydroxyl groups excluding tert-OH is 2. The van der Waals surface area contributed by atoms with Crippen LogP contribution in [-0.4, -0.2) is 75.9 Å². The summed E-state index contributed by atoms with van der Waals surface area (Å²) in [5, 5.41) is 34.4. The van der Waals surface area contributed by atoms with Crippen LogP contribution in [0.1, 0.15) is 73.6 Å². The molecule has 1 spiro atoms. The number of esters is 1. The zero-order valence-electron chi connectivity index (χ0n) is 25.8. The first kappa shape index (κ1) is 31.4. The summed E-state index contributed by atoms with van der Waals surface area (Å²) < 4.78 is 25.3. The van der Waals surface area contributed by atoms with Crippen LogP contribution in [0.3, 0.4) is 0 Å². The lowest BCUT2D eigenvalue weighted by molar-refractivity contribution is -0.363. The van der Waals surface area contributed by atoms with E-state index in [1.807, 2.05) is 26.0 Å². The summed E-state index contributed by atoms with van der Waals surface area (Å²) in [6.07, 6.45) is 10.0. The Hall–Kier alpha value is -2.07. The van der Waals surface area contributed by atoms with E-state index in [0.29, 0.717) is 30.4 Å². The lowest BCUT2D eigenvalue weighted by Gasteiger charge is -2.52. The third-order valence-corrected chi connectivity index (χ3v) is 9.92. The fourth-order valence-corrected chi connectivity index (χ4v) is 7.43. The molecule has 3 fully saturated rings. The van der Waals surface area contributed by atoms with Gasteiger partial charge in [0, 0.05) is 12.8 Å². The van der Waals surface area contributed by atoms with Gasteiger partial charge in [-0.1, -0.05) is 55.9 Å². The van der Waals surface area contributed by atoms with Crippen molar-refractivity contribution in [2.45, 2.75) is 122 Å². The molecule has 4 aliphatic heterocycles. The standard InChI is InChI=1S/C34H48O8/c1-7-21(4)30-23(6)15-28(35)33(42-30)17-26-16-25(41-33)12-11-20(3)13-19(2)9-8-10-24-18-39-31-29(36)22(5)14-27(32(37)40-26)34(24,31)38/h7-11,14,19,23,25-31,35-36,38H,12-13,15-18H2,1-6H3/b9-8+,20-11+,21-7+,24-10+/t19-,23+,25-,26-,27+,28-,29-,30-,31+,33+,34-/m1/s1. The third kappa shape index (κ3) is 5.74. The summed E-state index contributed by atoms with van der Waals surface area (Å²) in [4.78, 5) is 14.0. The molecule has 0 amide bonds. The molecule has 3 N–H and O–H groups in total. The van der Waals surface area contributed by atoms with E-state index in [1.54, 1.807) is 19.1 Å². The summed E-state index contributed by atoms with van der Waals surface area (Å²) >= 11 is 0. The summed E-state index contributed by atoms with van der Waals surface area (Å²) in [6.45, 7) is 12.1. The van der Waals surface area contributed by atoms with Crippen LogP contribution in [0.4, 0.5) is 0 Å². The van der Waals surface area contributed by atoms with Gasteiger partial charge >= 0.3 is 5.97 Å². The topological polar surface area (TPSA) is 115 Å². The second-order valence-corrected chi connectivity index (χ2v) is 13.3. The molecule has 0 aromatic carbocycles. The maximum atomic E-state index is 14.0. The molecule has 232 valence electrons. The molecule has 0 aromatic heterocycles. The van der Waals surface area contributed by atoms with Crippen LogP contribution in [0.5, 0.6) is 0 Å². The van der Waals surface area contributed by atoms with Gasteiger partial charge in [0.15, 0.2) is 5.79 Å². The number of hydrogen-bond donors (Lipinski definition) is 3. The lowest BCUT2D eigenvalue weighted by Crippen LogP contribution is -2.62. The van der Waals surface area contributed by atoms with Gasteiger partial charge in [-0.15, -0.1) is 0 Å². The Morgan fingerprint density at radius 3 is 2.62 bits per heavy atom. The van der Waals surface area contributed by atoms with Crippen molar-refractivity contribution in [2.75, 3.05) is 6.61 Å². The van der Waals surface area contributed by atoms with Crippen LogP contribution in [0.15, 0.2) is 58.7 Å². The number of aliphatic hydroxyl groups is 3. The zero-order valence-corrected chi connectivity index (χ0v) is 25.8. The van der Waals surface area contributed by atoms with Gasteiger partial charge in [0.25, 0.3) is 0 Å². The van der Waals surface area contributed by atoms with Crippen molar-refractivity contribution in [3.8, 4) is 0 Å². The van der Waals surface area contributed by atoms with E-state index in [0.717, 1.165) is 12.0 Å². The highest BCUT2D eigenvalue weighted by Crippen LogP contribution is 2.47. The predicted octanol–water partition coefficient (Wildman–Crippen LogP) is 4.45. The van der Waals surface area contributed by atoms with E-state index in [4.69, 9.17) is 18.9 Å². The van der Waals surface area contributed by atoms with Gasteiger partial charge in [-0.05, 0) is 75.5 Å². The number of rotatable bonds is 1. The van der Waals surface area contributed by atoms with Gasteiger partial charge in [-0.3, -0.25) is 4.79 Å². The minimum Gasteiger partial charge on any atom is -0.462 e. The maximum Gasteiger partial charge on any atom is 0.316 e. The summed E-state index contributed by atoms with van der Waals surface area (Å²) in [5.41, 5.74) is 1.62. The molecule has 5 rings (SSSR count). The number of carbonyl (C=O) groups is 1. The molecule has 0 saturated carbocycles. The summed E-state index contributed by atoms with van der Waals surface area (Å²) in [5.74, 6) is -2.65. The highest BCUT2D eigenvalue weighted by Gasteiger charge is 2.60. The molecular weight excluding hydrogens is 536 g/mol. The number of fused-ring (bicyclic) bond motifs is 2. The monoisotopic (exact) mass is 584 g/mol. The smallest absolute Gasteiger partial charge is 0.316 e. The van der Waals surface area contributed by atoms with Gasteiger partial charge in [0.05, 0.1) is 18.8 Å². The Labute approximate surface area is 249 Å². The van der Waals surface area contributed by atoms with Gasteiger partial charge in [-0.25, -0.2) is 0 Å². The average Bonchev–Trinajstić information content (AvgIpc) is 3.27. The first-order valence-electron chi connectivity index (χ1n) is 15.5. The minimum atomic E-state index is -1.75. The normalized spacial score (nSPS) is 48.3. The summed E-state index contributed by atoms with van der Waals surface area (Å²) in [7, 11) is 0. The van der Waals surface area contributed by atoms with E-state index < -0.39 is 47.7 Å².